The fourth-order valence-corrected chi connectivity index (χ4v) is 5.65. The summed E-state index contributed by atoms with van der Waals surface area (Å²) >= 11 is 0. The zero-order chi connectivity index (χ0) is 19.7. The fraction of sp³-hybridized carbons (Fsp3) is 0.333. The van der Waals surface area contributed by atoms with Crippen molar-refractivity contribution in [3.8, 4) is 17.2 Å². The van der Waals surface area contributed by atoms with Crippen LogP contribution in [0.2, 0.25) is 0 Å². The molecular formula is C24H21NO4. The minimum atomic E-state index is -0.170. The van der Waals surface area contributed by atoms with Gasteiger partial charge >= 0.3 is 0 Å². The van der Waals surface area contributed by atoms with Gasteiger partial charge in [-0.2, -0.15) is 0 Å². The summed E-state index contributed by atoms with van der Waals surface area (Å²) < 4.78 is 11.0. The van der Waals surface area contributed by atoms with Crippen molar-refractivity contribution in [2.45, 2.75) is 6.42 Å². The molecule has 2 saturated carbocycles. The van der Waals surface area contributed by atoms with E-state index in [4.69, 9.17) is 9.47 Å². The molecule has 146 valence electrons. The number of carbonyl (C=O) groups excluding carboxylic acids is 2. The molecule has 4 aliphatic carbocycles. The fourth-order valence-electron chi connectivity index (χ4n) is 5.65. The van der Waals surface area contributed by atoms with E-state index in [-0.39, 0.29) is 35.5 Å². The Bertz CT molecular complexity index is 990. The van der Waals surface area contributed by atoms with E-state index < -0.39 is 0 Å². The van der Waals surface area contributed by atoms with Gasteiger partial charge in [-0.25, -0.2) is 0 Å². The number of allylic oxidation sites excluding steroid dienone is 2. The Labute approximate surface area is 168 Å². The van der Waals surface area contributed by atoms with Crippen molar-refractivity contribution in [2.75, 3.05) is 12.0 Å². The molecule has 0 radical (unpaired) electrons. The lowest BCUT2D eigenvalue weighted by Crippen LogP contribution is -2.40. The topological polar surface area (TPSA) is 55.8 Å². The van der Waals surface area contributed by atoms with E-state index in [1.54, 1.807) is 31.4 Å². The van der Waals surface area contributed by atoms with Gasteiger partial charge in [-0.3, -0.25) is 14.5 Å². The van der Waals surface area contributed by atoms with Gasteiger partial charge in [0.1, 0.15) is 17.2 Å². The molecule has 29 heavy (non-hydrogen) atoms. The van der Waals surface area contributed by atoms with E-state index in [1.165, 1.54) is 11.3 Å². The molecule has 1 aliphatic heterocycles. The van der Waals surface area contributed by atoms with Gasteiger partial charge in [0, 0.05) is 0 Å². The maximum atomic E-state index is 13.2. The minimum absolute atomic E-state index is 0.0338. The number of imide groups is 1. The average molecular weight is 387 g/mol. The van der Waals surface area contributed by atoms with Crippen LogP contribution in [-0.2, 0) is 9.59 Å². The Morgan fingerprint density at radius 2 is 1.24 bits per heavy atom. The van der Waals surface area contributed by atoms with Crippen LogP contribution in [0.25, 0.3) is 0 Å². The second kappa shape index (κ2) is 5.96. The third-order valence-corrected chi connectivity index (χ3v) is 7.05. The molecule has 2 amide bonds. The molecule has 0 aromatic heterocycles. The highest BCUT2D eigenvalue weighted by molar-refractivity contribution is 6.22. The summed E-state index contributed by atoms with van der Waals surface area (Å²) in [4.78, 5) is 27.7. The van der Waals surface area contributed by atoms with Gasteiger partial charge in [0.25, 0.3) is 0 Å². The molecule has 3 fully saturated rings. The van der Waals surface area contributed by atoms with Crippen LogP contribution >= 0.6 is 0 Å². The molecule has 0 N–H and O–H groups in total. The van der Waals surface area contributed by atoms with Gasteiger partial charge in [-0.1, -0.05) is 12.2 Å². The van der Waals surface area contributed by atoms with Crippen molar-refractivity contribution < 1.29 is 19.1 Å². The monoisotopic (exact) mass is 387 g/mol. The lowest BCUT2D eigenvalue weighted by Gasteiger charge is -2.37. The van der Waals surface area contributed by atoms with E-state index in [9.17, 15) is 9.59 Å². The third-order valence-electron chi connectivity index (χ3n) is 7.05. The highest BCUT2D eigenvalue weighted by atomic mass is 16.5. The van der Waals surface area contributed by atoms with Gasteiger partial charge in [-0.15, -0.1) is 0 Å². The normalized spacial score (nSPS) is 33.5. The lowest BCUT2D eigenvalue weighted by molar-refractivity contribution is -0.124. The number of amides is 2. The number of methoxy groups -OCH3 is 1. The highest BCUT2D eigenvalue weighted by Crippen LogP contribution is 2.65. The zero-order valence-corrected chi connectivity index (χ0v) is 16.0. The van der Waals surface area contributed by atoms with Gasteiger partial charge in [-0.05, 0) is 78.6 Å². The Morgan fingerprint density at radius 3 is 1.76 bits per heavy atom. The van der Waals surface area contributed by atoms with Crippen LogP contribution in [-0.4, -0.2) is 18.9 Å². The smallest absolute Gasteiger partial charge is 0.238 e. The van der Waals surface area contributed by atoms with Crippen molar-refractivity contribution in [2.24, 2.45) is 35.5 Å². The van der Waals surface area contributed by atoms with Gasteiger partial charge in [0.05, 0.1) is 24.6 Å². The SMILES string of the molecule is COc1ccc(Oc2ccc(N3C(=O)[C@@H]4[C@H]5C=C[C@H]([C@@H]6C[C@H]56)[C@@H]4C3=O)cc2)cc1. The summed E-state index contributed by atoms with van der Waals surface area (Å²) in [6.45, 7) is 0. The molecule has 2 aromatic rings. The molecule has 5 aliphatic rings. The van der Waals surface area contributed by atoms with Crippen molar-refractivity contribution in [3.05, 3.63) is 60.7 Å². The molecule has 7 rings (SSSR count). The number of rotatable bonds is 4. The first-order valence-electron chi connectivity index (χ1n) is 10.1. The first-order chi connectivity index (χ1) is 14.2. The van der Waals surface area contributed by atoms with Crippen LogP contribution in [0.5, 0.6) is 17.2 Å². The molecule has 5 heteroatoms. The van der Waals surface area contributed by atoms with Crippen LogP contribution in [0.15, 0.2) is 60.7 Å². The molecule has 6 atom stereocenters. The molecule has 1 heterocycles. The molecule has 0 unspecified atom stereocenters. The van der Waals surface area contributed by atoms with Gasteiger partial charge in [0.2, 0.25) is 11.8 Å². The van der Waals surface area contributed by atoms with E-state index in [0.717, 1.165) is 5.75 Å². The van der Waals surface area contributed by atoms with Crippen molar-refractivity contribution in [1.29, 1.82) is 0 Å². The number of ether oxygens (including phenoxy) is 2. The Balaban J connectivity index is 1.23. The Kier molecular flexibility index (Phi) is 3.46. The van der Waals surface area contributed by atoms with E-state index in [0.29, 0.717) is 29.0 Å². The van der Waals surface area contributed by atoms with Crippen molar-refractivity contribution in [1.82, 2.24) is 0 Å². The summed E-state index contributed by atoms with van der Waals surface area (Å²) in [7, 11) is 1.62. The predicted molar refractivity (Wildman–Crippen MR) is 107 cm³/mol. The predicted octanol–water partition coefficient (Wildman–Crippen LogP) is 4.05. The first-order valence-corrected chi connectivity index (χ1v) is 10.1. The van der Waals surface area contributed by atoms with E-state index in [2.05, 4.69) is 12.2 Å². The number of hydrogen-bond acceptors (Lipinski definition) is 4. The maximum absolute atomic E-state index is 13.2. The first kappa shape index (κ1) is 16.8. The van der Waals surface area contributed by atoms with Gasteiger partial charge in [0.15, 0.2) is 0 Å². The second-order valence-corrected chi connectivity index (χ2v) is 8.44. The summed E-state index contributed by atoms with van der Waals surface area (Å²) in [6.07, 6.45) is 5.56. The molecule has 5 nitrogen and oxygen atoms in total. The average Bonchev–Trinajstić information content (AvgIpc) is 3.53. The number of hydrogen-bond donors (Lipinski definition) is 0. The van der Waals surface area contributed by atoms with Crippen molar-refractivity contribution >= 4 is 17.5 Å². The van der Waals surface area contributed by atoms with Crippen LogP contribution < -0.4 is 14.4 Å². The molecule has 0 spiro atoms. The third kappa shape index (κ3) is 2.40. The summed E-state index contributed by atoms with van der Waals surface area (Å²) in [5.41, 5.74) is 0.629. The summed E-state index contributed by atoms with van der Waals surface area (Å²) in [5, 5.41) is 0. The summed E-state index contributed by atoms with van der Waals surface area (Å²) in [5.74, 6) is 3.42. The number of nitrogens with zero attached hydrogens (tertiary/aromatic N) is 1. The second-order valence-electron chi connectivity index (χ2n) is 8.44. The minimum Gasteiger partial charge on any atom is -0.497 e. The molecule has 2 bridgehead atoms. The molecule has 2 aromatic carbocycles. The van der Waals surface area contributed by atoms with Gasteiger partial charge < -0.3 is 9.47 Å². The van der Waals surface area contributed by atoms with Crippen LogP contribution in [0.1, 0.15) is 6.42 Å². The maximum Gasteiger partial charge on any atom is 0.238 e. The van der Waals surface area contributed by atoms with Crippen LogP contribution in [0.4, 0.5) is 5.69 Å². The zero-order valence-electron chi connectivity index (χ0n) is 16.0. The van der Waals surface area contributed by atoms with E-state index in [1.807, 2.05) is 24.3 Å². The highest BCUT2D eigenvalue weighted by Gasteiger charge is 2.67. The number of carbonyl (C=O) groups is 2. The number of benzene rings is 2. The van der Waals surface area contributed by atoms with E-state index >= 15 is 0 Å². The summed E-state index contributed by atoms with van der Waals surface area (Å²) in [6, 6.07) is 14.5. The van der Waals surface area contributed by atoms with Crippen LogP contribution in [0.3, 0.4) is 0 Å². The quantitative estimate of drug-likeness (QED) is 0.587. The standard InChI is InChI=1S/C24H21NO4/c1-28-14-6-8-16(9-7-14)29-15-4-2-13(3-5-15)25-23(26)21-17-10-11-18(20-12-19(17)20)22(21)24(25)27/h2-11,17-22H,12H2,1H3/t17-,18+,19+,20-,21+,22-. The number of anilines is 1. The molecular weight excluding hydrogens is 366 g/mol. The molecule has 1 saturated heterocycles. The van der Waals surface area contributed by atoms with Crippen molar-refractivity contribution in [3.63, 3.8) is 0 Å². The largest absolute Gasteiger partial charge is 0.497 e. The van der Waals surface area contributed by atoms with Crippen LogP contribution in [0, 0.1) is 35.5 Å². The lowest BCUT2D eigenvalue weighted by atomic mass is 9.63. The Morgan fingerprint density at radius 1 is 0.759 bits per heavy atom. The Hall–Kier alpha value is -3.08.